The van der Waals surface area contributed by atoms with Gasteiger partial charge in [-0.1, -0.05) is 13.0 Å². The summed E-state index contributed by atoms with van der Waals surface area (Å²) < 4.78 is 15.5. The number of hydrogen-bond acceptors (Lipinski definition) is 3. The summed E-state index contributed by atoms with van der Waals surface area (Å²) in [6, 6.07) is 4.93. The Hall–Kier alpha value is -1.62. The molecule has 5 heteroatoms. The number of thioether (sulfide) groups is 1. The maximum atomic E-state index is 13.8. The number of benzene rings is 1. The van der Waals surface area contributed by atoms with Crippen molar-refractivity contribution in [3.63, 3.8) is 0 Å². The molecule has 0 aliphatic heterocycles. The summed E-state index contributed by atoms with van der Waals surface area (Å²) >= 11 is 1.35. The third-order valence-corrected chi connectivity index (χ3v) is 3.57. The van der Waals surface area contributed by atoms with Gasteiger partial charge in [0.1, 0.15) is 11.5 Å². The first-order valence-electron chi connectivity index (χ1n) is 6.06. The fraction of sp³-hybridized carbons (Fsp3) is 0.286. The predicted octanol–water partition coefficient (Wildman–Crippen LogP) is 3.63. The molecule has 0 aliphatic carbocycles. The van der Waals surface area contributed by atoms with Gasteiger partial charge in [-0.05, 0) is 24.8 Å². The predicted molar refractivity (Wildman–Crippen MR) is 75.1 cm³/mol. The van der Waals surface area contributed by atoms with Crippen LogP contribution < -0.4 is 0 Å². The zero-order chi connectivity index (χ0) is 13.8. The molecule has 2 aromatic rings. The van der Waals surface area contributed by atoms with Crippen molar-refractivity contribution in [1.29, 1.82) is 0 Å². The molecule has 1 aromatic heterocycles. The second-order valence-electron chi connectivity index (χ2n) is 4.16. The minimum atomic E-state index is -0.285. The number of hydrogen-bond donors (Lipinski definition) is 0. The lowest BCUT2D eigenvalue weighted by molar-refractivity contribution is 0.112. The molecule has 0 bridgehead atoms. The van der Waals surface area contributed by atoms with Crippen molar-refractivity contribution in [1.82, 2.24) is 9.78 Å². The van der Waals surface area contributed by atoms with Crippen LogP contribution in [0.4, 0.5) is 4.39 Å². The van der Waals surface area contributed by atoms with Gasteiger partial charge in [0.25, 0.3) is 0 Å². The number of aryl methyl sites for hydroxylation is 1. The van der Waals surface area contributed by atoms with Crippen molar-refractivity contribution in [2.45, 2.75) is 24.8 Å². The van der Waals surface area contributed by atoms with Crippen LogP contribution in [0.2, 0.25) is 0 Å². The van der Waals surface area contributed by atoms with Gasteiger partial charge in [0.2, 0.25) is 0 Å². The van der Waals surface area contributed by atoms with Crippen LogP contribution in [0.1, 0.15) is 23.7 Å². The number of aromatic nitrogens is 2. The molecular weight excluding hydrogens is 263 g/mol. The summed E-state index contributed by atoms with van der Waals surface area (Å²) in [6.45, 7) is 2.78. The molecule has 0 N–H and O–H groups in total. The normalized spacial score (nSPS) is 10.7. The standard InChI is InChI=1S/C14H15FN2OS/c1-3-6-17-8-11(9-18)14(16-17)10-4-5-13(19-2)12(15)7-10/h4-5,7-9H,3,6H2,1-2H3. The summed E-state index contributed by atoms with van der Waals surface area (Å²) in [5.41, 5.74) is 1.66. The zero-order valence-corrected chi connectivity index (χ0v) is 11.7. The van der Waals surface area contributed by atoms with Gasteiger partial charge in [0.05, 0.1) is 5.56 Å². The topological polar surface area (TPSA) is 34.9 Å². The fourth-order valence-electron chi connectivity index (χ4n) is 1.90. The maximum Gasteiger partial charge on any atom is 0.153 e. The summed E-state index contributed by atoms with van der Waals surface area (Å²) in [7, 11) is 0. The number of halogens is 1. The first-order valence-corrected chi connectivity index (χ1v) is 7.28. The largest absolute Gasteiger partial charge is 0.298 e. The minimum absolute atomic E-state index is 0.285. The Morgan fingerprint density at radius 2 is 2.26 bits per heavy atom. The van der Waals surface area contributed by atoms with Gasteiger partial charge in [-0.15, -0.1) is 11.8 Å². The molecule has 0 spiro atoms. The number of aldehydes is 1. The van der Waals surface area contributed by atoms with E-state index >= 15 is 0 Å². The van der Waals surface area contributed by atoms with E-state index in [-0.39, 0.29) is 5.82 Å². The van der Waals surface area contributed by atoms with Gasteiger partial charge in [-0.3, -0.25) is 9.48 Å². The molecular formula is C14H15FN2OS. The van der Waals surface area contributed by atoms with Crippen LogP contribution in [0, 0.1) is 5.82 Å². The summed E-state index contributed by atoms with van der Waals surface area (Å²) in [4.78, 5) is 11.7. The third kappa shape index (κ3) is 2.87. The molecule has 1 heterocycles. The Balaban J connectivity index is 2.45. The van der Waals surface area contributed by atoms with E-state index in [1.54, 1.807) is 23.0 Å². The SMILES string of the molecule is CCCn1cc(C=O)c(-c2ccc(SC)c(F)c2)n1. The summed E-state index contributed by atoms with van der Waals surface area (Å²) in [5.74, 6) is -0.285. The number of rotatable bonds is 5. The Kier molecular flexibility index (Phi) is 4.37. The molecule has 0 fully saturated rings. The molecule has 0 saturated heterocycles. The number of carbonyl (C=O) groups is 1. The average molecular weight is 278 g/mol. The third-order valence-electron chi connectivity index (χ3n) is 2.79. The highest BCUT2D eigenvalue weighted by Gasteiger charge is 2.12. The van der Waals surface area contributed by atoms with Crippen LogP contribution in [0.25, 0.3) is 11.3 Å². The summed E-state index contributed by atoms with van der Waals surface area (Å²) in [5, 5.41) is 4.35. The van der Waals surface area contributed by atoms with E-state index in [4.69, 9.17) is 0 Å². The molecule has 1 aromatic carbocycles. The van der Waals surface area contributed by atoms with Crippen molar-refractivity contribution in [3.8, 4) is 11.3 Å². The van der Waals surface area contributed by atoms with Crippen molar-refractivity contribution in [2.24, 2.45) is 0 Å². The van der Waals surface area contributed by atoms with Crippen LogP contribution in [0.15, 0.2) is 29.3 Å². The molecule has 0 atom stereocenters. The Morgan fingerprint density at radius 3 is 2.84 bits per heavy atom. The van der Waals surface area contributed by atoms with E-state index < -0.39 is 0 Å². The minimum Gasteiger partial charge on any atom is -0.298 e. The number of carbonyl (C=O) groups excluding carboxylic acids is 1. The van der Waals surface area contributed by atoms with Gasteiger partial charge < -0.3 is 0 Å². The molecule has 0 saturated carbocycles. The van der Waals surface area contributed by atoms with Crippen LogP contribution in [-0.2, 0) is 6.54 Å². The lowest BCUT2D eigenvalue weighted by Crippen LogP contribution is -1.96. The van der Waals surface area contributed by atoms with Gasteiger partial charge in [-0.25, -0.2) is 4.39 Å². The molecule has 19 heavy (non-hydrogen) atoms. The van der Waals surface area contributed by atoms with E-state index in [2.05, 4.69) is 5.10 Å². The second kappa shape index (κ2) is 6.02. The maximum absolute atomic E-state index is 13.8. The lowest BCUT2D eigenvalue weighted by atomic mass is 10.1. The average Bonchev–Trinajstić information content (AvgIpc) is 2.82. The molecule has 100 valence electrons. The van der Waals surface area contributed by atoms with Crippen molar-refractivity contribution in [2.75, 3.05) is 6.26 Å². The van der Waals surface area contributed by atoms with E-state index in [9.17, 15) is 9.18 Å². The van der Waals surface area contributed by atoms with Crippen LogP contribution in [-0.4, -0.2) is 22.3 Å². The van der Waals surface area contributed by atoms with Crippen molar-refractivity contribution in [3.05, 3.63) is 35.8 Å². The molecule has 0 aliphatic rings. The first-order chi connectivity index (χ1) is 9.19. The molecule has 2 rings (SSSR count). The van der Waals surface area contributed by atoms with Gasteiger partial charge >= 0.3 is 0 Å². The van der Waals surface area contributed by atoms with E-state index in [0.29, 0.717) is 21.7 Å². The highest BCUT2D eigenvalue weighted by atomic mass is 32.2. The van der Waals surface area contributed by atoms with Crippen molar-refractivity contribution < 1.29 is 9.18 Å². The molecule has 3 nitrogen and oxygen atoms in total. The quantitative estimate of drug-likeness (QED) is 0.618. The van der Waals surface area contributed by atoms with Crippen LogP contribution >= 0.6 is 11.8 Å². The molecule has 0 unspecified atom stereocenters. The van der Waals surface area contributed by atoms with E-state index in [0.717, 1.165) is 19.3 Å². The fourth-order valence-corrected chi connectivity index (χ4v) is 2.36. The highest BCUT2D eigenvalue weighted by molar-refractivity contribution is 7.98. The van der Waals surface area contributed by atoms with Crippen LogP contribution in [0.3, 0.4) is 0 Å². The number of nitrogens with zero attached hydrogens (tertiary/aromatic N) is 2. The highest BCUT2D eigenvalue weighted by Crippen LogP contribution is 2.26. The molecule has 0 amide bonds. The first kappa shape index (κ1) is 13.8. The molecule has 0 radical (unpaired) electrons. The Bertz CT molecular complexity index is 595. The van der Waals surface area contributed by atoms with Crippen molar-refractivity contribution >= 4 is 18.0 Å². The van der Waals surface area contributed by atoms with Crippen LogP contribution in [0.5, 0.6) is 0 Å². The summed E-state index contributed by atoms with van der Waals surface area (Å²) in [6.07, 6.45) is 5.21. The van der Waals surface area contributed by atoms with Gasteiger partial charge in [-0.2, -0.15) is 5.10 Å². The lowest BCUT2D eigenvalue weighted by Gasteiger charge is -2.02. The zero-order valence-electron chi connectivity index (χ0n) is 10.9. The van der Waals surface area contributed by atoms with E-state index in [1.165, 1.54) is 17.8 Å². The Labute approximate surface area is 115 Å². The second-order valence-corrected chi connectivity index (χ2v) is 5.01. The van der Waals surface area contributed by atoms with Gasteiger partial charge in [0.15, 0.2) is 6.29 Å². The Morgan fingerprint density at radius 1 is 1.47 bits per heavy atom. The van der Waals surface area contributed by atoms with E-state index in [1.807, 2.05) is 13.2 Å². The smallest absolute Gasteiger partial charge is 0.153 e. The monoisotopic (exact) mass is 278 g/mol. The van der Waals surface area contributed by atoms with Gasteiger partial charge in [0, 0.05) is 23.2 Å².